The molecule has 1 amide bonds. The lowest BCUT2D eigenvalue weighted by molar-refractivity contribution is 0.0695. The lowest BCUT2D eigenvalue weighted by Gasteiger charge is -2.06. The van der Waals surface area contributed by atoms with Crippen LogP contribution >= 0.6 is 0 Å². The van der Waals surface area contributed by atoms with Gasteiger partial charge >= 0.3 is 5.97 Å². The van der Waals surface area contributed by atoms with Crippen molar-refractivity contribution in [3.8, 4) is 0 Å². The number of carboxylic acid groups (broad SMARTS) is 1. The van der Waals surface area contributed by atoms with Crippen LogP contribution in [-0.4, -0.2) is 27.8 Å². The third-order valence-corrected chi connectivity index (χ3v) is 3.05. The number of carbonyl (C=O) groups is 3. The molecule has 0 bridgehead atoms. The third kappa shape index (κ3) is 3.17. The van der Waals surface area contributed by atoms with Gasteiger partial charge in [-0.15, -0.1) is 0 Å². The first-order valence-electron chi connectivity index (χ1n) is 6.23. The van der Waals surface area contributed by atoms with Crippen molar-refractivity contribution in [1.82, 2.24) is 4.98 Å². The van der Waals surface area contributed by atoms with E-state index in [1.54, 1.807) is 13.0 Å². The average molecular weight is 286 g/mol. The van der Waals surface area contributed by atoms with Crippen LogP contribution in [0.15, 0.2) is 30.5 Å². The summed E-state index contributed by atoms with van der Waals surface area (Å²) in [6.07, 6.45) is 1.47. The summed E-state index contributed by atoms with van der Waals surface area (Å²) in [5, 5.41) is 11.6. The second-order valence-electron chi connectivity index (χ2n) is 4.65. The van der Waals surface area contributed by atoms with E-state index in [2.05, 4.69) is 10.3 Å². The molecule has 6 heteroatoms. The Bertz CT molecular complexity index is 731. The summed E-state index contributed by atoms with van der Waals surface area (Å²) in [6.45, 7) is 3.07. The molecule has 21 heavy (non-hydrogen) atoms. The lowest BCUT2D eigenvalue weighted by atomic mass is 10.1. The molecule has 6 nitrogen and oxygen atoms in total. The fourth-order valence-electron chi connectivity index (χ4n) is 1.91. The number of benzene rings is 1. The van der Waals surface area contributed by atoms with Gasteiger partial charge in [0.2, 0.25) is 0 Å². The van der Waals surface area contributed by atoms with Gasteiger partial charge in [-0.3, -0.25) is 9.59 Å². The minimum absolute atomic E-state index is 0.132. The highest BCUT2D eigenvalue weighted by Gasteiger charge is 2.12. The van der Waals surface area contributed by atoms with E-state index >= 15 is 0 Å². The lowest BCUT2D eigenvalue weighted by Crippen LogP contribution is -2.12. The summed E-state index contributed by atoms with van der Waals surface area (Å²) in [7, 11) is 0. The SMILES string of the molecule is CC(=O)c1c[nH]c(C(=O)Nc2ccc(C(=O)O)c(C)c2)c1. The number of hydrogen-bond donors (Lipinski definition) is 3. The van der Waals surface area contributed by atoms with E-state index in [0.717, 1.165) is 0 Å². The first-order valence-corrected chi connectivity index (χ1v) is 6.23. The van der Waals surface area contributed by atoms with E-state index in [1.165, 1.54) is 31.3 Å². The summed E-state index contributed by atoms with van der Waals surface area (Å²) in [4.78, 5) is 36.8. The number of hydrogen-bond acceptors (Lipinski definition) is 3. The van der Waals surface area contributed by atoms with E-state index in [-0.39, 0.29) is 17.0 Å². The number of carbonyl (C=O) groups excluding carboxylic acids is 2. The predicted molar refractivity (Wildman–Crippen MR) is 76.9 cm³/mol. The fourth-order valence-corrected chi connectivity index (χ4v) is 1.91. The molecule has 0 aliphatic carbocycles. The van der Waals surface area contributed by atoms with Crippen molar-refractivity contribution in [2.45, 2.75) is 13.8 Å². The molecule has 0 saturated carbocycles. The molecule has 2 aromatic rings. The molecule has 0 spiro atoms. The second kappa shape index (κ2) is 5.62. The maximum atomic E-state index is 12.0. The Morgan fingerprint density at radius 1 is 1.19 bits per heavy atom. The quantitative estimate of drug-likeness (QED) is 0.752. The van der Waals surface area contributed by atoms with E-state index < -0.39 is 11.9 Å². The molecule has 0 aliphatic heterocycles. The first kappa shape index (κ1) is 14.5. The van der Waals surface area contributed by atoms with E-state index in [1.807, 2.05) is 0 Å². The second-order valence-corrected chi connectivity index (χ2v) is 4.65. The number of anilines is 1. The highest BCUT2D eigenvalue weighted by Crippen LogP contribution is 2.16. The minimum atomic E-state index is -1.01. The number of amides is 1. The highest BCUT2D eigenvalue weighted by molar-refractivity contribution is 6.05. The number of rotatable bonds is 4. The van der Waals surface area contributed by atoms with Gasteiger partial charge in [0, 0.05) is 17.4 Å². The third-order valence-electron chi connectivity index (χ3n) is 3.05. The van der Waals surface area contributed by atoms with Gasteiger partial charge < -0.3 is 15.4 Å². The molecule has 0 radical (unpaired) electrons. The molecular formula is C15H14N2O4. The molecule has 2 rings (SSSR count). The number of aromatic carboxylic acids is 1. The normalized spacial score (nSPS) is 10.2. The molecule has 0 atom stereocenters. The number of aromatic amines is 1. The van der Waals surface area contributed by atoms with Crippen molar-refractivity contribution in [1.29, 1.82) is 0 Å². The molecule has 1 aromatic carbocycles. The predicted octanol–water partition coefficient (Wildman–Crippen LogP) is 2.48. The van der Waals surface area contributed by atoms with Crippen molar-refractivity contribution >= 4 is 23.3 Å². The van der Waals surface area contributed by atoms with Crippen molar-refractivity contribution < 1.29 is 19.5 Å². The first-order chi connectivity index (χ1) is 9.88. The average Bonchev–Trinajstić information content (AvgIpc) is 2.88. The molecule has 1 aromatic heterocycles. The van der Waals surface area contributed by atoms with E-state index in [4.69, 9.17) is 5.11 Å². The molecule has 3 N–H and O–H groups in total. The van der Waals surface area contributed by atoms with E-state index in [9.17, 15) is 14.4 Å². The van der Waals surface area contributed by atoms with Crippen molar-refractivity contribution in [2.75, 3.05) is 5.32 Å². The zero-order chi connectivity index (χ0) is 15.6. The van der Waals surface area contributed by atoms with Crippen LogP contribution in [0.2, 0.25) is 0 Å². The van der Waals surface area contributed by atoms with Gasteiger partial charge in [-0.25, -0.2) is 4.79 Å². The summed E-state index contributed by atoms with van der Waals surface area (Å²) in [6, 6.07) is 6.00. The smallest absolute Gasteiger partial charge is 0.335 e. The van der Waals surface area contributed by atoms with Crippen LogP contribution in [0.25, 0.3) is 0 Å². The van der Waals surface area contributed by atoms with Gasteiger partial charge in [0.15, 0.2) is 5.78 Å². The topological polar surface area (TPSA) is 99.3 Å². The van der Waals surface area contributed by atoms with Crippen LogP contribution in [-0.2, 0) is 0 Å². The Kier molecular flexibility index (Phi) is 3.89. The van der Waals surface area contributed by atoms with Crippen LogP contribution in [0.5, 0.6) is 0 Å². The number of nitrogens with one attached hydrogen (secondary N) is 2. The Labute approximate surface area is 120 Å². The van der Waals surface area contributed by atoms with Gasteiger partial charge in [0.05, 0.1) is 5.56 Å². The minimum Gasteiger partial charge on any atom is -0.478 e. The van der Waals surface area contributed by atoms with Gasteiger partial charge in [-0.2, -0.15) is 0 Å². The number of carboxylic acids is 1. The molecule has 0 aliphatic rings. The van der Waals surface area contributed by atoms with Crippen LogP contribution in [0.4, 0.5) is 5.69 Å². The molecular weight excluding hydrogens is 272 g/mol. The standard InChI is InChI=1S/C15H14N2O4/c1-8-5-11(3-4-12(8)15(20)21)17-14(19)13-6-10(7-16-13)9(2)18/h3-7,16H,1-2H3,(H,17,19)(H,20,21). The summed E-state index contributed by atoms with van der Waals surface area (Å²) >= 11 is 0. The van der Waals surface area contributed by atoms with Crippen LogP contribution in [0.3, 0.4) is 0 Å². The Morgan fingerprint density at radius 3 is 2.43 bits per heavy atom. The van der Waals surface area contributed by atoms with E-state index in [0.29, 0.717) is 16.8 Å². The molecule has 0 unspecified atom stereocenters. The van der Waals surface area contributed by atoms with Crippen LogP contribution < -0.4 is 5.32 Å². The maximum absolute atomic E-state index is 12.0. The molecule has 108 valence electrons. The van der Waals surface area contributed by atoms with Gasteiger partial charge in [-0.1, -0.05) is 0 Å². The number of aryl methyl sites for hydroxylation is 1. The van der Waals surface area contributed by atoms with Crippen LogP contribution in [0.1, 0.15) is 43.7 Å². The summed E-state index contributed by atoms with van der Waals surface area (Å²) < 4.78 is 0. The molecule has 1 heterocycles. The monoisotopic (exact) mass is 286 g/mol. The maximum Gasteiger partial charge on any atom is 0.335 e. The highest BCUT2D eigenvalue weighted by atomic mass is 16.4. The van der Waals surface area contributed by atoms with Crippen LogP contribution in [0, 0.1) is 6.92 Å². The van der Waals surface area contributed by atoms with Gasteiger partial charge in [-0.05, 0) is 43.7 Å². The van der Waals surface area contributed by atoms with Gasteiger partial charge in [0.25, 0.3) is 5.91 Å². The Balaban J connectivity index is 2.17. The largest absolute Gasteiger partial charge is 0.478 e. The number of H-pyrrole nitrogens is 1. The van der Waals surface area contributed by atoms with Crippen molar-refractivity contribution in [2.24, 2.45) is 0 Å². The van der Waals surface area contributed by atoms with Crippen molar-refractivity contribution in [3.63, 3.8) is 0 Å². The zero-order valence-corrected chi connectivity index (χ0v) is 11.6. The zero-order valence-electron chi connectivity index (χ0n) is 11.6. The molecule has 0 saturated heterocycles. The number of ketones is 1. The molecule has 0 fully saturated rings. The number of aromatic nitrogens is 1. The summed E-state index contributed by atoms with van der Waals surface area (Å²) in [5.74, 6) is -1.54. The van der Waals surface area contributed by atoms with Crippen molar-refractivity contribution in [3.05, 3.63) is 52.8 Å². The Hall–Kier alpha value is -2.89. The Morgan fingerprint density at radius 2 is 1.90 bits per heavy atom. The van der Waals surface area contributed by atoms with Gasteiger partial charge in [0.1, 0.15) is 5.69 Å². The fraction of sp³-hybridized carbons (Fsp3) is 0.133. The summed E-state index contributed by atoms with van der Waals surface area (Å²) in [5.41, 5.74) is 1.92. The number of Topliss-reactive ketones (excluding diaryl/α,β-unsaturated/α-hetero) is 1.